The van der Waals surface area contributed by atoms with Gasteiger partial charge >= 0.3 is 0 Å². The number of halogens is 2. The van der Waals surface area contributed by atoms with Gasteiger partial charge < -0.3 is 10.4 Å². The van der Waals surface area contributed by atoms with E-state index in [0.717, 1.165) is 5.56 Å². The molecular weight excluding hydrogens is 330 g/mol. The van der Waals surface area contributed by atoms with E-state index >= 15 is 0 Å². The lowest BCUT2D eigenvalue weighted by Crippen LogP contribution is -2.12. The van der Waals surface area contributed by atoms with Crippen molar-refractivity contribution < 1.29 is 9.90 Å². The van der Waals surface area contributed by atoms with Crippen LogP contribution in [0.4, 0.5) is 5.69 Å². The average molecular weight is 341 g/mol. The number of benzene rings is 2. The van der Waals surface area contributed by atoms with Crippen LogP contribution >= 0.6 is 27.5 Å². The number of aromatic hydroxyl groups is 1. The molecule has 0 fully saturated rings. The van der Waals surface area contributed by atoms with E-state index in [4.69, 9.17) is 11.6 Å². The van der Waals surface area contributed by atoms with E-state index in [9.17, 15) is 9.90 Å². The second-order valence-electron chi connectivity index (χ2n) is 3.95. The van der Waals surface area contributed by atoms with E-state index in [2.05, 4.69) is 21.2 Å². The summed E-state index contributed by atoms with van der Waals surface area (Å²) >= 11 is 8.92. The number of hydrogen-bond acceptors (Lipinski definition) is 2. The smallest absolute Gasteiger partial charge is 0.259 e. The first kappa shape index (κ1) is 13.9. The highest BCUT2D eigenvalue weighted by Gasteiger charge is 2.11. The SMILES string of the molecule is O=C(Nc1ccc(CCl)cc1)c1ccc(Br)cc1O. The van der Waals surface area contributed by atoms with Crippen molar-refractivity contribution in [1.82, 2.24) is 0 Å². The lowest BCUT2D eigenvalue weighted by atomic mass is 10.1. The zero-order valence-corrected chi connectivity index (χ0v) is 12.2. The Kier molecular flexibility index (Phi) is 4.45. The lowest BCUT2D eigenvalue weighted by molar-refractivity contribution is 0.102. The zero-order chi connectivity index (χ0) is 13.8. The molecule has 0 heterocycles. The molecule has 1 amide bonds. The van der Waals surface area contributed by atoms with Crippen molar-refractivity contribution >= 4 is 39.1 Å². The van der Waals surface area contributed by atoms with Gasteiger partial charge in [0.05, 0.1) is 5.56 Å². The van der Waals surface area contributed by atoms with Gasteiger partial charge in [-0.25, -0.2) is 0 Å². The predicted octanol–water partition coefficient (Wildman–Crippen LogP) is 4.15. The van der Waals surface area contributed by atoms with Crippen LogP contribution in [0.25, 0.3) is 0 Å². The van der Waals surface area contributed by atoms with Gasteiger partial charge in [0, 0.05) is 16.0 Å². The number of carbonyl (C=O) groups excluding carboxylic acids is 1. The molecule has 2 aromatic carbocycles. The molecule has 0 saturated heterocycles. The monoisotopic (exact) mass is 339 g/mol. The van der Waals surface area contributed by atoms with Gasteiger partial charge in [-0.3, -0.25) is 4.79 Å². The third kappa shape index (κ3) is 3.49. The highest BCUT2D eigenvalue weighted by atomic mass is 79.9. The molecule has 0 atom stereocenters. The molecule has 0 spiro atoms. The van der Waals surface area contributed by atoms with Crippen molar-refractivity contribution in [1.29, 1.82) is 0 Å². The molecule has 0 unspecified atom stereocenters. The summed E-state index contributed by atoms with van der Waals surface area (Å²) in [5.41, 5.74) is 1.86. The van der Waals surface area contributed by atoms with Crippen LogP contribution in [0.3, 0.4) is 0 Å². The highest BCUT2D eigenvalue weighted by Crippen LogP contribution is 2.23. The van der Waals surface area contributed by atoms with Gasteiger partial charge in [0.2, 0.25) is 0 Å². The number of phenols is 1. The first-order valence-corrected chi connectivity index (χ1v) is 6.87. The van der Waals surface area contributed by atoms with E-state index in [1.54, 1.807) is 24.3 Å². The maximum atomic E-state index is 12.0. The predicted molar refractivity (Wildman–Crippen MR) is 79.8 cm³/mol. The third-order valence-corrected chi connectivity index (χ3v) is 3.37. The van der Waals surface area contributed by atoms with Gasteiger partial charge in [-0.2, -0.15) is 0 Å². The zero-order valence-electron chi connectivity index (χ0n) is 9.86. The molecule has 2 rings (SSSR count). The van der Waals surface area contributed by atoms with E-state index in [1.165, 1.54) is 6.07 Å². The van der Waals surface area contributed by atoms with Crippen LogP contribution in [0.5, 0.6) is 5.75 Å². The van der Waals surface area contributed by atoms with Crippen molar-refractivity contribution in [2.45, 2.75) is 5.88 Å². The minimum absolute atomic E-state index is 0.0655. The molecule has 0 aliphatic heterocycles. The quantitative estimate of drug-likeness (QED) is 0.825. The van der Waals surface area contributed by atoms with E-state index < -0.39 is 0 Å². The number of amides is 1. The van der Waals surface area contributed by atoms with Crippen molar-refractivity contribution in [3.63, 3.8) is 0 Å². The summed E-state index contributed by atoms with van der Waals surface area (Å²) < 4.78 is 0.716. The third-order valence-electron chi connectivity index (χ3n) is 2.57. The summed E-state index contributed by atoms with van der Waals surface area (Å²) in [4.78, 5) is 12.0. The summed E-state index contributed by atoms with van der Waals surface area (Å²) in [5, 5.41) is 12.4. The van der Waals surface area contributed by atoms with Gasteiger partial charge in [-0.1, -0.05) is 28.1 Å². The van der Waals surface area contributed by atoms with Crippen molar-refractivity contribution in [3.05, 3.63) is 58.1 Å². The van der Waals surface area contributed by atoms with Crippen LogP contribution in [-0.2, 0) is 5.88 Å². The van der Waals surface area contributed by atoms with Gasteiger partial charge in [-0.05, 0) is 35.9 Å². The molecule has 2 N–H and O–H groups in total. The second-order valence-corrected chi connectivity index (χ2v) is 5.13. The fourth-order valence-electron chi connectivity index (χ4n) is 1.57. The standard InChI is InChI=1S/C14H11BrClNO2/c15-10-3-6-12(13(18)7-10)14(19)17-11-4-1-9(8-16)2-5-11/h1-7,18H,8H2,(H,17,19). The molecule has 3 nitrogen and oxygen atoms in total. The topological polar surface area (TPSA) is 49.3 Å². The summed E-state index contributed by atoms with van der Waals surface area (Å²) in [6, 6.07) is 11.9. The molecule has 5 heteroatoms. The molecule has 0 aliphatic rings. The Morgan fingerprint density at radius 2 is 1.89 bits per heavy atom. The fraction of sp³-hybridized carbons (Fsp3) is 0.0714. The molecule has 19 heavy (non-hydrogen) atoms. The van der Waals surface area contributed by atoms with Crippen LogP contribution in [0.1, 0.15) is 15.9 Å². The molecule has 0 bridgehead atoms. The lowest BCUT2D eigenvalue weighted by Gasteiger charge is -2.07. The first-order valence-electron chi connectivity index (χ1n) is 5.55. The van der Waals surface area contributed by atoms with Crippen LogP contribution in [0.15, 0.2) is 46.9 Å². The summed E-state index contributed by atoms with van der Waals surface area (Å²) in [7, 11) is 0. The summed E-state index contributed by atoms with van der Waals surface area (Å²) in [5.74, 6) is 0.00901. The Bertz CT molecular complexity index is 599. The summed E-state index contributed by atoms with van der Waals surface area (Å²) in [6.45, 7) is 0. The number of phenolic OH excluding ortho intramolecular Hbond substituents is 1. The molecular formula is C14H11BrClNO2. The Hall–Kier alpha value is -1.52. The van der Waals surface area contributed by atoms with Crippen molar-refractivity contribution in [2.75, 3.05) is 5.32 Å². The van der Waals surface area contributed by atoms with E-state index in [1.807, 2.05) is 12.1 Å². The second kappa shape index (κ2) is 6.08. The number of rotatable bonds is 3. The fourth-order valence-corrected chi connectivity index (χ4v) is 2.10. The molecule has 0 radical (unpaired) electrons. The van der Waals surface area contributed by atoms with Crippen molar-refractivity contribution in [3.8, 4) is 5.75 Å². The minimum atomic E-state index is -0.358. The molecule has 0 aliphatic carbocycles. The molecule has 98 valence electrons. The van der Waals surface area contributed by atoms with Gasteiger partial charge in [0.1, 0.15) is 5.75 Å². The average Bonchev–Trinajstić information content (AvgIpc) is 2.39. The Morgan fingerprint density at radius 1 is 1.21 bits per heavy atom. The van der Waals surface area contributed by atoms with E-state index in [0.29, 0.717) is 16.0 Å². The van der Waals surface area contributed by atoms with Gasteiger partial charge in [0.15, 0.2) is 0 Å². The Morgan fingerprint density at radius 3 is 2.47 bits per heavy atom. The molecule has 0 aromatic heterocycles. The van der Waals surface area contributed by atoms with Crippen LogP contribution < -0.4 is 5.32 Å². The largest absolute Gasteiger partial charge is 0.507 e. The minimum Gasteiger partial charge on any atom is -0.507 e. The van der Waals surface area contributed by atoms with Gasteiger partial charge in [-0.15, -0.1) is 11.6 Å². The number of nitrogens with one attached hydrogen (secondary N) is 1. The van der Waals surface area contributed by atoms with Crippen LogP contribution in [0.2, 0.25) is 0 Å². The maximum absolute atomic E-state index is 12.0. The normalized spacial score (nSPS) is 10.2. The number of anilines is 1. The molecule has 0 saturated carbocycles. The summed E-state index contributed by atoms with van der Waals surface area (Å²) in [6.07, 6.45) is 0. The highest BCUT2D eigenvalue weighted by molar-refractivity contribution is 9.10. The Balaban J connectivity index is 2.15. The number of alkyl halides is 1. The maximum Gasteiger partial charge on any atom is 0.259 e. The number of carbonyl (C=O) groups is 1. The van der Waals surface area contributed by atoms with Crippen LogP contribution in [0, 0.1) is 0 Å². The van der Waals surface area contributed by atoms with Gasteiger partial charge in [0.25, 0.3) is 5.91 Å². The van der Waals surface area contributed by atoms with Crippen LogP contribution in [-0.4, -0.2) is 11.0 Å². The van der Waals surface area contributed by atoms with E-state index in [-0.39, 0.29) is 17.2 Å². The van der Waals surface area contributed by atoms with Crippen molar-refractivity contribution in [2.24, 2.45) is 0 Å². The number of hydrogen-bond donors (Lipinski definition) is 2. The first-order chi connectivity index (χ1) is 9.10. The Labute approximate surface area is 124 Å². The molecule has 2 aromatic rings.